The smallest absolute Gasteiger partial charge is 0.195 e. The van der Waals surface area contributed by atoms with Crippen LogP contribution in [0, 0.1) is 0 Å². The van der Waals surface area contributed by atoms with Gasteiger partial charge in [0.25, 0.3) is 0 Å². The van der Waals surface area contributed by atoms with Crippen molar-refractivity contribution >= 4 is 17.5 Å². The van der Waals surface area contributed by atoms with E-state index < -0.39 is 0 Å². The Morgan fingerprint density at radius 1 is 1.29 bits per heavy atom. The molecule has 0 radical (unpaired) electrons. The minimum Gasteiger partial charge on any atom is -0.300 e. The van der Waals surface area contributed by atoms with Crippen molar-refractivity contribution in [1.82, 2.24) is 14.8 Å². The predicted octanol–water partition coefficient (Wildman–Crippen LogP) is 3.61. The number of rotatable bonds is 7. The number of carbonyl (C=O) groups excluding carboxylic acids is 1. The number of benzene rings is 1. The van der Waals surface area contributed by atoms with Gasteiger partial charge in [-0.15, -0.1) is 10.2 Å². The maximum absolute atomic E-state index is 11.0. The molecule has 1 aromatic carbocycles. The molecule has 1 fully saturated rings. The number of Topliss-reactive ketones (excluding diaryl/α,β-unsaturated/α-hetero) is 1. The summed E-state index contributed by atoms with van der Waals surface area (Å²) in [4.78, 5) is 11.0. The van der Waals surface area contributed by atoms with Gasteiger partial charge in [0.1, 0.15) is 11.6 Å². The molecule has 21 heavy (non-hydrogen) atoms. The van der Waals surface area contributed by atoms with Crippen molar-refractivity contribution in [2.24, 2.45) is 0 Å². The maximum atomic E-state index is 11.0. The highest BCUT2D eigenvalue weighted by molar-refractivity contribution is 7.99. The predicted molar refractivity (Wildman–Crippen MR) is 84.0 cm³/mol. The SMILES string of the molecule is CC(=O)CCCSc1nnc(C2CC2)n1-c1ccccc1. The first-order chi connectivity index (χ1) is 10.3. The molecular weight excluding hydrogens is 282 g/mol. The molecule has 1 aromatic heterocycles. The van der Waals surface area contributed by atoms with Crippen molar-refractivity contribution in [3.63, 3.8) is 0 Å². The van der Waals surface area contributed by atoms with Crippen molar-refractivity contribution in [2.75, 3.05) is 5.75 Å². The first kappa shape index (κ1) is 14.3. The molecule has 2 aromatic rings. The van der Waals surface area contributed by atoms with Gasteiger partial charge in [0.05, 0.1) is 0 Å². The Labute approximate surface area is 129 Å². The zero-order valence-electron chi connectivity index (χ0n) is 12.2. The van der Waals surface area contributed by atoms with Gasteiger partial charge in [0.2, 0.25) is 0 Å². The van der Waals surface area contributed by atoms with E-state index in [2.05, 4.69) is 26.9 Å². The lowest BCUT2D eigenvalue weighted by molar-refractivity contribution is -0.117. The lowest BCUT2D eigenvalue weighted by Gasteiger charge is -2.09. The fraction of sp³-hybridized carbons (Fsp3) is 0.438. The van der Waals surface area contributed by atoms with Gasteiger partial charge < -0.3 is 4.79 Å². The zero-order valence-corrected chi connectivity index (χ0v) is 13.0. The molecule has 0 spiro atoms. The van der Waals surface area contributed by atoms with Gasteiger partial charge >= 0.3 is 0 Å². The van der Waals surface area contributed by atoms with Crippen molar-refractivity contribution in [3.05, 3.63) is 36.2 Å². The second kappa shape index (κ2) is 6.43. The molecule has 0 N–H and O–H groups in total. The molecule has 1 aliphatic carbocycles. The monoisotopic (exact) mass is 301 g/mol. The molecule has 110 valence electrons. The van der Waals surface area contributed by atoms with E-state index >= 15 is 0 Å². The quantitative estimate of drug-likeness (QED) is 0.579. The Morgan fingerprint density at radius 3 is 2.71 bits per heavy atom. The van der Waals surface area contributed by atoms with Crippen LogP contribution in [0.3, 0.4) is 0 Å². The zero-order chi connectivity index (χ0) is 14.7. The number of ketones is 1. The standard InChI is InChI=1S/C16H19N3OS/c1-12(20)6-5-11-21-16-18-17-15(13-9-10-13)19(16)14-7-3-2-4-8-14/h2-4,7-8,13H,5-6,9-11H2,1H3. The summed E-state index contributed by atoms with van der Waals surface area (Å²) in [6.45, 7) is 1.64. The van der Waals surface area contributed by atoms with Crippen molar-refractivity contribution in [2.45, 2.75) is 43.7 Å². The van der Waals surface area contributed by atoms with Gasteiger partial charge in [-0.05, 0) is 38.3 Å². The van der Waals surface area contributed by atoms with Gasteiger partial charge in [-0.2, -0.15) is 0 Å². The molecule has 0 atom stereocenters. The van der Waals surface area contributed by atoms with Gasteiger partial charge in [-0.3, -0.25) is 4.57 Å². The molecule has 0 amide bonds. The average molecular weight is 301 g/mol. The van der Waals surface area contributed by atoms with Gasteiger partial charge in [-0.1, -0.05) is 30.0 Å². The highest BCUT2D eigenvalue weighted by atomic mass is 32.2. The number of hydrogen-bond donors (Lipinski definition) is 0. The van der Waals surface area contributed by atoms with Crippen molar-refractivity contribution in [3.8, 4) is 5.69 Å². The van der Waals surface area contributed by atoms with E-state index in [0.717, 1.165) is 28.8 Å². The van der Waals surface area contributed by atoms with E-state index in [1.807, 2.05) is 18.2 Å². The third-order valence-electron chi connectivity index (χ3n) is 3.52. The first-order valence-corrected chi connectivity index (χ1v) is 8.37. The number of para-hydroxylation sites is 1. The molecule has 0 bridgehead atoms. The van der Waals surface area contributed by atoms with Crippen LogP contribution in [0.5, 0.6) is 0 Å². The van der Waals surface area contributed by atoms with Crippen LogP contribution in [0.2, 0.25) is 0 Å². The van der Waals surface area contributed by atoms with Crippen LogP contribution in [0.1, 0.15) is 44.3 Å². The molecule has 5 heteroatoms. The topological polar surface area (TPSA) is 47.8 Å². The van der Waals surface area contributed by atoms with Crippen molar-refractivity contribution in [1.29, 1.82) is 0 Å². The Hall–Kier alpha value is -1.62. The number of carbonyl (C=O) groups is 1. The average Bonchev–Trinajstić information content (AvgIpc) is 3.25. The van der Waals surface area contributed by atoms with Crippen LogP contribution in [-0.4, -0.2) is 26.3 Å². The Bertz CT molecular complexity index is 620. The van der Waals surface area contributed by atoms with Crippen LogP contribution in [0.15, 0.2) is 35.5 Å². The van der Waals surface area contributed by atoms with Crippen LogP contribution in [0.25, 0.3) is 5.69 Å². The molecule has 1 saturated carbocycles. The summed E-state index contributed by atoms with van der Waals surface area (Å²) in [6, 6.07) is 10.3. The summed E-state index contributed by atoms with van der Waals surface area (Å²) in [7, 11) is 0. The highest BCUT2D eigenvalue weighted by Crippen LogP contribution is 2.41. The lowest BCUT2D eigenvalue weighted by Crippen LogP contribution is -2.02. The third kappa shape index (κ3) is 3.53. The molecule has 0 aliphatic heterocycles. The van der Waals surface area contributed by atoms with E-state index in [1.54, 1.807) is 18.7 Å². The Balaban J connectivity index is 1.78. The molecule has 0 unspecified atom stereocenters. The van der Waals surface area contributed by atoms with Gasteiger partial charge in [-0.25, -0.2) is 0 Å². The maximum Gasteiger partial charge on any atom is 0.195 e. The number of thioether (sulfide) groups is 1. The summed E-state index contributed by atoms with van der Waals surface area (Å²) in [5.41, 5.74) is 1.12. The first-order valence-electron chi connectivity index (χ1n) is 7.38. The molecular formula is C16H19N3OS. The van der Waals surface area contributed by atoms with Crippen LogP contribution >= 0.6 is 11.8 Å². The molecule has 0 saturated heterocycles. The Kier molecular flexibility index (Phi) is 4.39. The molecule has 1 aliphatic rings. The Morgan fingerprint density at radius 2 is 2.05 bits per heavy atom. The number of nitrogens with zero attached hydrogens (tertiary/aromatic N) is 3. The number of hydrogen-bond acceptors (Lipinski definition) is 4. The van der Waals surface area contributed by atoms with E-state index in [1.165, 1.54) is 12.8 Å². The number of aromatic nitrogens is 3. The fourth-order valence-electron chi connectivity index (χ4n) is 2.28. The summed E-state index contributed by atoms with van der Waals surface area (Å²) in [5.74, 6) is 2.79. The third-order valence-corrected chi connectivity index (χ3v) is 4.53. The second-order valence-electron chi connectivity index (χ2n) is 5.44. The summed E-state index contributed by atoms with van der Waals surface area (Å²) in [5, 5.41) is 9.69. The molecule has 4 nitrogen and oxygen atoms in total. The fourth-order valence-corrected chi connectivity index (χ4v) is 3.18. The van der Waals surface area contributed by atoms with E-state index in [4.69, 9.17) is 0 Å². The van der Waals surface area contributed by atoms with Crippen molar-refractivity contribution < 1.29 is 4.79 Å². The molecule has 1 heterocycles. The van der Waals surface area contributed by atoms with Crippen LogP contribution in [-0.2, 0) is 4.79 Å². The normalized spacial score (nSPS) is 14.3. The van der Waals surface area contributed by atoms with Gasteiger partial charge in [0.15, 0.2) is 5.16 Å². The van der Waals surface area contributed by atoms with Crippen LogP contribution in [0.4, 0.5) is 0 Å². The summed E-state index contributed by atoms with van der Waals surface area (Å²) < 4.78 is 2.18. The minimum atomic E-state index is 0.249. The molecule has 3 rings (SSSR count). The van der Waals surface area contributed by atoms with E-state index in [9.17, 15) is 4.79 Å². The highest BCUT2D eigenvalue weighted by Gasteiger charge is 2.30. The van der Waals surface area contributed by atoms with E-state index in [0.29, 0.717) is 12.3 Å². The summed E-state index contributed by atoms with van der Waals surface area (Å²) >= 11 is 1.69. The van der Waals surface area contributed by atoms with Gasteiger partial charge in [0, 0.05) is 23.8 Å². The van der Waals surface area contributed by atoms with Crippen LogP contribution < -0.4 is 0 Å². The largest absolute Gasteiger partial charge is 0.300 e. The van der Waals surface area contributed by atoms with E-state index in [-0.39, 0.29) is 5.78 Å². The second-order valence-corrected chi connectivity index (χ2v) is 6.50. The summed E-state index contributed by atoms with van der Waals surface area (Å²) in [6.07, 6.45) is 3.95. The lowest BCUT2D eigenvalue weighted by atomic mass is 10.3. The minimum absolute atomic E-state index is 0.249.